The van der Waals surface area contributed by atoms with E-state index in [-0.39, 0.29) is 0 Å². The summed E-state index contributed by atoms with van der Waals surface area (Å²) >= 11 is 4.14. The lowest BCUT2D eigenvalue weighted by molar-refractivity contribution is 0.454. The molecule has 0 aliphatic heterocycles. The van der Waals surface area contributed by atoms with E-state index in [9.17, 15) is 0 Å². The van der Waals surface area contributed by atoms with E-state index >= 15 is 0 Å². The zero-order chi connectivity index (χ0) is 21.1. The van der Waals surface area contributed by atoms with Gasteiger partial charge in [0, 0.05) is 12.7 Å². The SMILES string of the molecule is C=C(/C(N)=C/C(C)=C(C)/C=C\S)N(/C=C(\C)CC)CCCc1cccc(C)c1. The molecule has 0 bridgehead atoms. The molecule has 0 aliphatic carbocycles. The first kappa shape index (κ1) is 23.9. The van der Waals surface area contributed by atoms with Crippen LogP contribution in [0.15, 0.2) is 82.7 Å². The van der Waals surface area contributed by atoms with E-state index in [0.29, 0.717) is 5.70 Å². The van der Waals surface area contributed by atoms with Crippen molar-refractivity contribution in [1.82, 2.24) is 4.90 Å². The van der Waals surface area contributed by atoms with Gasteiger partial charge in [-0.3, -0.25) is 0 Å². The maximum atomic E-state index is 6.39. The molecular formula is C25H36N2S. The minimum atomic E-state index is 0.695. The molecule has 0 heterocycles. The molecule has 0 aromatic heterocycles. The third-order valence-corrected chi connectivity index (χ3v) is 5.03. The molecule has 1 aromatic carbocycles. The van der Waals surface area contributed by atoms with Gasteiger partial charge in [-0.25, -0.2) is 0 Å². The van der Waals surface area contributed by atoms with Crippen molar-refractivity contribution in [2.24, 2.45) is 5.73 Å². The van der Waals surface area contributed by atoms with Crippen LogP contribution in [0.4, 0.5) is 0 Å². The van der Waals surface area contributed by atoms with Crippen molar-refractivity contribution < 1.29 is 0 Å². The number of thiol groups is 1. The van der Waals surface area contributed by atoms with Crippen molar-refractivity contribution in [2.75, 3.05) is 6.54 Å². The first-order chi connectivity index (χ1) is 13.3. The molecule has 0 saturated heterocycles. The first-order valence-electron chi connectivity index (χ1n) is 9.92. The number of hydrogen-bond donors (Lipinski definition) is 2. The average Bonchev–Trinajstić information content (AvgIpc) is 2.66. The van der Waals surface area contributed by atoms with Crippen LogP contribution in [0.3, 0.4) is 0 Å². The van der Waals surface area contributed by atoms with Crippen LogP contribution in [0, 0.1) is 6.92 Å². The van der Waals surface area contributed by atoms with Crippen LogP contribution in [0.5, 0.6) is 0 Å². The number of aryl methyl sites for hydroxylation is 2. The van der Waals surface area contributed by atoms with E-state index in [1.54, 1.807) is 5.41 Å². The molecule has 2 nitrogen and oxygen atoms in total. The Morgan fingerprint density at radius 2 is 1.93 bits per heavy atom. The lowest BCUT2D eigenvalue weighted by Crippen LogP contribution is -2.22. The number of nitrogens with two attached hydrogens (primary N) is 1. The Hall–Kier alpha value is -2.13. The van der Waals surface area contributed by atoms with E-state index in [4.69, 9.17) is 5.73 Å². The number of allylic oxidation sites excluding steroid dienone is 5. The van der Waals surface area contributed by atoms with Gasteiger partial charge >= 0.3 is 0 Å². The maximum absolute atomic E-state index is 6.39. The molecule has 0 aliphatic rings. The predicted octanol–water partition coefficient (Wildman–Crippen LogP) is 6.68. The lowest BCUT2D eigenvalue weighted by atomic mass is 10.1. The van der Waals surface area contributed by atoms with Crippen molar-refractivity contribution in [2.45, 2.75) is 53.9 Å². The Morgan fingerprint density at radius 3 is 2.54 bits per heavy atom. The van der Waals surface area contributed by atoms with Crippen LogP contribution in [0.25, 0.3) is 0 Å². The predicted molar refractivity (Wildman–Crippen MR) is 128 cm³/mol. The molecule has 1 rings (SSSR count). The summed E-state index contributed by atoms with van der Waals surface area (Å²) in [7, 11) is 0. The van der Waals surface area contributed by atoms with Gasteiger partial charge in [0.15, 0.2) is 0 Å². The van der Waals surface area contributed by atoms with Crippen LogP contribution < -0.4 is 5.73 Å². The highest BCUT2D eigenvalue weighted by molar-refractivity contribution is 7.83. The topological polar surface area (TPSA) is 29.3 Å². The fraction of sp³-hybridized carbons (Fsp3) is 0.360. The van der Waals surface area contributed by atoms with Crippen molar-refractivity contribution in [1.29, 1.82) is 0 Å². The normalized spacial score (nSPS) is 13.6. The number of hydrogen-bond acceptors (Lipinski definition) is 3. The summed E-state index contributed by atoms with van der Waals surface area (Å²) in [5.41, 5.74) is 14.2. The van der Waals surface area contributed by atoms with Gasteiger partial charge in [-0.2, -0.15) is 12.6 Å². The van der Waals surface area contributed by atoms with Gasteiger partial charge in [0.1, 0.15) is 0 Å². The van der Waals surface area contributed by atoms with E-state index in [2.05, 4.69) is 89.2 Å². The average molecular weight is 397 g/mol. The standard InChI is InChI=1S/C25H36N2S/c1-7-19(2)18-27(14-9-12-24-11-8-10-20(3)16-24)23(6)25(26)17-22(5)21(4)13-15-28/h8,10-11,13,15-18,28H,6-7,9,12,14,26H2,1-5H3/b15-13-,19-18+,22-21+,25-17-. The molecule has 0 radical (unpaired) electrons. The Morgan fingerprint density at radius 1 is 1.21 bits per heavy atom. The Balaban J connectivity index is 2.93. The lowest BCUT2D eigenvalue weighted by Gasteiger charge is -2.24. The van der Waals surface area contributed by atoms with E-state index in [1.807, 2.05) is 12.2 Å². The van der Waals surface area contributed by atoms with Crippen molar-refractivity contribution >= 4 is 12.6 Å². The van der Waals surface area contributed by atoms with Gasteiger partial charge in [-0.1, -0.05) is 55.0 Å². The minimum absolute atomic E-state index is 0.695. The molecule has 1 aromatic rings. The van der Waals surface area contributed by atoms with E-state index in [0.717, 1.165) is 42.7 Å². The molecule has 0 atom stereocenters. The second kappa shape index (κ2) is 12.4. The second-order valence-corrected chi connectivity index (χ2v) is 7.64. The number of nitrogens with zero attached hydrogens (tertiary/aromatic N) is 1. The Bertz CT molecular complexity index is 781. The maximum Gasteiger partial charge on any atom is 0.0566 e. The first-order valence-corrected chi connectivity index (χ1v) is 10.4. The van der Waals surface area contributed by atoms with Crippen molar-refractivity contribution in [3.05, 3.63) is 93.8 Å². The second-order valence-electron chi connectivity index (χ2n) is 7.34. The van der Waals surface area contributed by atoms with Gasteiger partial charge in [0.25, 0.3) is 0 Å². The van der Waals surface area contributed by atoms with Gasteiger partial charge in [0.2, 0.25) is 0 Å². The quantitative estimate of drug-likeness (QED) is 0.341. The molecule has 28 heavy (non-hydrogen) atoms. The Kier molecular flexibility index (Phi) is 10.5. The van der Waals surface area contributed by atoms with Gasteiger partial charge < -0.3 is 10.6 Å². The summed E-state index contributed by atoms with van der Waals surface area (Å²) in [5.74, 6) is 0. The van der Waals surface area contributed by atoms with Crippen LogP contribution in [0.1, 0.15) is 51.7 Å². The molecule has 0 fully saturated rings. The van der Waals surface area contributed by atoms with Crippen molar-refractivity contribution in [3.8, 4) is 0 Å². The fourth-order valence-corrected chi connectivity index (χ4v) is 3.02. The zero-order valence-electron chi connectivity index (χ0n) is 18.1. The van der Waals surface area contributed by atoms with E-state index < -0.39 is 0 Å². The molecule has 0 amide bonds. The summed E-state index contributed by atoms with van der Waals surface area (Å²) in [5, 5.41) is 1.74. The molecular weight excluding hydrogens is 360 g/mol. The highest BCUT2D eigenvalue weighted by atomic mass is 32.1. The van der Waals surface area contributed by atoms with Crippen LogP contribution in [0.2, 0.25) is 0 Å². The zero-order valence-corrected chi connectivity index (χ0v) is 19.0. The van der Waals surface area contributed by atoms with Crippen molar-refractivity contribution in [3.63, 3.8) is 0 Å². The molecule has 0 saturated carbocycles. The summed E-state index contributed by atoms with van der Waals surface area (Å²) in [6, 6.07) is 8.71. The highest BCUT2D eigenvalue weighted by Gasteiger charge is 2.09. The smallest absolute Gasteiger partial charge is 0.0566 e. The largest absolute Gasteiger partial charge is 0.397 e. The minimum Gasteiger partial charge on any atom is -0.397 e. The van der Waals surface area contributed by atoms with Gasteiger partial charge in [-0.05, 0) is 75.2 Å². The molecule has 2 N–H and O–H groups in total. The third-order valence-electron chi connectivity index (χ3n) is 4.88. The summed E-state index contributed by atoms with van der Waals surface area (Å²) in [6.07, 6.45) is 9.23. The van der Waals surface area contributed by atoms with Crippen LogP contribution in [-0.4, -0.2) is 11.4 Å². The molecule has 3 heteroatoms. The highest BCUT2D eigenvalue weighted by Crippen LogP contribution is 2.18. The summed E-state index contributed by atoms with van der Waals surface area (Å²) in [4.78, 5) is 2.19. The fourth-order valence-electron chi connectivity index (χ4n) is 2.80. The summed E-state index contributed by atoms with van der Waals surface area (Å²) in [6.45, 7) is 15.7. The monoisotopic (exact) mass is 396 g/mol. The van der Waals surface area contributed by atoms with E-state index in [1.165, 1.54) is 16.7 Å². The molecule has 0 unspecified atom stereocenters. The van der Waals surface area contributed by atoms with Crippen LogP contribution >= 0.6 is 12.6 Å². The molecule has 0 spiro atoms. The van der Waals surface area contributed by atoms with Crippen LogP contribution in [-0.2, 0) is 6.42 Å². The summed E-state index contributed by atoms with van der Waals surface area (Å²) < 4.78 is 0. The number of rotatable bonds is 10. The molecule has 152 valence electrons. The number of benzene rings is 1. The Labute approximate surface area is 177 Å². The van der Waals surface area contributed by atoms with Gasteiger partial charge in [0.05, 0.1) is 11.4 Å². The van der Waals surface area contributed by atoms with Gasteiger partial charge in [-0.15, -0.1) is 0 Å². The third kappa shape index (κ3) is 8.26.